The number of anilines is 4. The minimum Gasteiger partial charge on any atom is -0.497 e. The first-order valence-corrected chi connectivity index (χ1v) is 24.5. The van der Waals surface area contributed by atoms with Gasteiger partial charge in [-0.15, -0.1) is 0 Å². The van der Waals surface area contributed by atoms with E-state index in [1.807, 2.05) is 55.1 Å². The van der Waals surface area contributed by atoms with Gasteiger partial charge in [0.05, 0.1) is 59.0 Å². The topological polar surface area (TPSA) is 115 Å². The van der Waals surface area contributed by atoms with E-state index in [1.165, 1.54) is 35.3 Å². The first-order valence-electron chi connectivity index (χ1n) is 24.5. The van der Waals surface area contributed by atoms with Crippen molar-refractivity contribution in [3.05, 3.63) is 134 Å². The molecule has 13 heteroatoms. The van der Waals surface area contributed by atoms with E-state index in [4.69, 9.17) is 9.47 Å². The first-order chi connectivity index (χ1) is 34.0. The number of nitrogens with one attached hydrogen (secondary N) is 1. The lowest BCUT2D eigenvalue weighted by molar-refractivity contribution is -0.119. The number of hydrogen-bond donors (Lipinski definition) is 1. The molecule has 0 unspecified atom stereocenters. The Labute approximate surface area is 404 Å². The van der Waals surface area contributed by atoms with E-state index in [9.17, 15) is 4.79 Å². The summed E-state index contributed by atoms with van der Waals surface area (Å²) in [7, 11) is 3.44. The van der Waals surface area contributed by atoms with Crippen molar-refractivity contribution in [1.29, 1.82) is 0 Å². The molecule has 0 bridgehead atoms. The van der Waals surface area contributed by atoms with Gasteiger partial charge in [-0.25, -0.2) is 0 Å². The second kappa shape index (κ2) is 21.5. The number of aromatic nitrogens is 4. The number of rotatable bonds is 7. The number of piperidine rings is 2. The highest BCUT2D eigenvalue weighted by molar-refractivity contribution is 5.94. The van der Waals surface area contributed by atoms with E-state index in [0.29, 0.717) is 24.7 Å². The zero-order valence-corrected chi connectivity index (χ0v) is 39.8. The number of ether oxygens (including phenoxy) is 2. The number of ketones is 1. The summed E-state index contributed by atoms with van der Waals surface area (Å²) in [5.41, 5.74) is 9.06. The third kappa shape index (κ3) is 10.4. The third-order valence-electron chi connectivity index (χ3n) is 14.1. The lowest BCUT2D eigenvalue weighted by Crippen LogP contribution is -2.53. The van der Waals surface area contributed by atoms with Crippen molar-refractivity contribution < 1.29 is 14.3 Å². The van der Waals surface area contributed by atoms with E-state index in [-0.39, 0.29) is 0 Å². The summed E-state index contributed by atoms with van der Waals surface area (Å²) in [6.07, 6.45) is 11.2. The molecule has 8 heterocycles. The van der Waals surface area contributed by atoms with Crippen LogP contribution in [-0.2, 0) is 4.79 Å². The number of benzene rings is 4. The summed E-state index contributed by atoms with van der Waals surface area (Å²) in [5.74, 6) is 2.16. The Kier molecular flexibility index (Phi) is 14.2. The van der Waals surface area contributed by atoms with E-state index in [2.05, 4.69) is 129 Å². The van der Waals surface area contributed by atoms with Crippen LogP contribution < -0.4 is 34.4 Å². The van der Waals surface area contributed by atoms with Gasteiger partial charge in [0.2, 0.25) is 0 Å². The highest BCUT2D eigenvalue weighted by Crippen LogP contribution is 2.34. The maximum atomic E-state index is 11.3. The number of carbonyl (C=O) groups is 1. The maximum absolute atomic E-state index is 11.3. The van der Waals surface area contributed by atoms with Crippen LogP contribution in [0, 0.1) is 0 Å². The molecule has 4 aromatic heterocycles. The quantitative estimate of drug-likeness (QED) is 0.165. The van der Waals surface area contributed by atoms with Crippen LogP contribution in [0.25, 0.3) is 43.6 Å². The minimum absolute atomic E-state index is 0.370. The number of piperazine rings is 2. The van der Waals surface area contributed by atoms with Gasteiger partial charge in [-0.3, -0.25) is 29.6 Å². The van der Waals surface area contributed by atoms with Crippen LogP contribution in [0.1, 0.15) is 25.7 Å². The Bertz CT molecular complexity index is 3000. The summed E-state index contributed by atoms with van der Waals surface area (Å²) >= 11 is 0. The lowest BCUT2D eigenvalue weighted by Gasteiger charge is -2.44. The SMILES string of the molecule is COc1cc(N2CCN(C3CCN(c4cccc5cccnc45)CC3)CC2)c2ncccc2c1.COc1cc(N2CCNCC2)c2ncccc2c1.O=C1CCN(c2cccc3cccnc23)CC1. The fourth-order valence-corrected chi connectivity index (χ4v) is 10.4. The number of methoxy groups -OCH3 is 2. The Morgan fingerprint density at radius 3 is 1.33 bits per heavy atom. The number of hydrogen-bond acceptors (Lipinski definition) is 13. The molecular formula is C56H62N10O3. The fraction of sp³-hybridized carbons (Fsp3) is 0.339. The van der Waals surface area contributed by atoms with Crippen LogP contribution in [0.2, 0.25) is 0 Å². The minimum atomic E-state index is 0.370. The van der Waals surface area contributed by atoms with Gasteiger partial charge in [0.1, 0.15) is 17.3 Å². The highest BCUT2D eigenvalue weighted by Gasteiger charge is 2.29. The molecule has 4 fully saturated rings. The summed E-state index contributed by atoms with van der Waals surface area (Å²) in [5, 5.41) is 8.01. The van der Waals surface area contributed by atoms with Gasteiger partial charge in [0.25, 0.3) is 0 Å². The Morgan fingerprint density at radius 2 is 0.855 bits per heavy atom. The monoisotopic (exact) mass is 923 g/mol. The number of nitrogens with zero attached hydrogens (tertiary/aromatic N) is 9. The van der Waals surface area contributed by atoms with Crippen molar-refractivity contribution in [2.75, 3.05) is 112 Å². The van der Waals surface area contributed by atoms with Gasteiger partial charge in [0.15, 0.2) is 0 Å². The number of carbonyl (C=O) groups excluding carboxylic acids is 1. The predicted octanol–water partition coefficient (Wildman–Crippen LogP) is 8.64. The van der Waals surface area contributed by atoms with Crippen molar-refractivity contribution in [2.24, 2.45) is 0 Å². The molecule has 0 spiro atoms. The molecule has 4 aliphatic rings. The van der Waals surface area contributed by atoms with Crippen LogP contribution in [-0.4, -0.2) is 129 Å². The van der Waals surface area contributed by atoms with Crippen molar-refractivity contribution >= 4 is 72.1 Å². The van der Waals surface area contributed by atoms with Crippen LogP contribution in [0.5, 0.6) is 11.5 Å². The fourth-order valence-electron chi connectivity index (χ4n) is 10.4. The van der Waals surface area contributed by atoms with E-state index in [1.54, 1.807) is 14.2 Å². The normalized spacial score (nSPS) is 17.1. The molecule has 69 heavy (non-hydrogen) atoms. The summed E-state index contributed by atoms with van der Waals surface area (Å²) in [4.78, 5) is 41.9. The molecule has 354 valence electrons. The molecule has 0 atom stereocenters. The van der Waals surface area contributed by atoms with Gasteiger partial charge in [-0.2, -0.15) is 0 Å². The molecule has 4 saturated heterocycles. The van der Waals surface area contributed by atoms with Gasteiger partial charge in [0, 0.05) is 156 Å². The summed E-state index contributed by atoms with van der Waals surface area (Å²) in [6, 6.07) is 38.1. The first kappa shape index (κ1) is 45.7. The number of pyridine rings is 4. The molecular weight excluding hydrogens is 861 g/mol. The Morgan fingerprint density at radius 1 is 0.449 bits per heavy atom. The Hall–Kier alpha value is -7.09. The average molecular weight is 923 g/mol. The van der Waals surface area contributed by atoms with E-state index >= 15 is 0 Å². The largest absolute Gasteiger partial charge is 0.497 e. The molecule has 8 aromatic rings. The molecule has 0 aliphatic carbocycles. The summed E-state index contributed by atoms with van der Waals surface area (Å²) < 4.78 is 11.0. The van der Waals surface area contributed by atoms with Gasteiger partial charge >= 0.3 is 0 Å². The molecule has 0 saturated carbocycles. The van der Waals surface area contributed by atoms with Crippen LogP contribution in [0.4, 0.5) is 22.7 Å². The number of Topliss-reactive ketones (excluding diaryl/α,β-unsaturated/α-hetero) is 1. The lowest BCUT2D eigenvalue weighted by atomic mass is 10.0. The molecule has 13 nitrogen and oxygen atoms in total. The molecule has 4 aromatic carbocycles. The molecule has 12 rings (SSSR count). The van der Waals surface area contributed by atoms with Crippen molar-refractivity contribution in [1.82, 2.24) is 30.2 Å². The zero-order chi connectivity index (χ0) is 46.9. The molecule has 0 radical (unpaired) electrons. The predicted molar refractivity (Wildman–Crippen MR) is 281 cm³/mol. The van der Waals surface area contributed by atoms with Crippen molar-refractivity contribution in [3.8, 4) is 11.5 Å². The van der Waals surface area contributed by atoms with Crippen molar-refractivity contribution in [3.63, 3.8) is 0 Å². The molecule has 1 N–H and O–H groups in total. The molecule has 4 aliphatic heterocycles. The number of fused-ring (bicyclic) bond motifs is 4. The van der Waals surface area contributed by atoms with Gasteiger partial charge in [-0.05, 0) is 61.4 Å². The van der Waals surface area contributed by atoms with Crippen LogP contribution in [0.15, 0.2) is 134 Å². The maximum Gasteiger partial charge on any atom is 0.136 e. The van der Waals surface area contributed by atoms with Gasteiger partial charge in [-0.1, -0.05) is 48.5 Å². The molecule has 0 amide bonds. The second-order valence-corrected chi connectivity index (χ2v) is 18.2. The van der Waals surface area contributed by atoms with Gasteiger partial charge < -0.3 is 34.4 Å². The summed E-state index contributed by atoms with van der Waals surface area (Å²) in [6.45, 7) is 12.1. The second-order valence-electron chi connectivity index (χ2n) is 18.2. The Balaban J connectivity index is 0.000000133. The third-order valence-corrected chi connectivity index (χ3v) is 14.1. The average Bonchev–Trinajstić information content (AvgIpc) is 3.43. The standard InChI is InChI=1S/C28H31N5O.C14H17N3O.C14H14N2O/c1-34-24-19-22-7-4-12-30-28(22)26(20-24)33-17-15-31(16-18-33)23-9-13-32(14-10-23)25-8-2-5-21-6-3-11-29-27(21)25;1-18-12-9-11-3-2-4-16-14(11)13(10-12)17-7-5-15-6-8-17;17-12-6-9-16(10-7-12)13-5-1-3-11-4-2-8-15-14(11)13/h2-8,11-12,19-20,23H,9-10,13-18H2,1H3;2-4,9-10,15H,5-8H2,1H3;1-5,8H,6-7,9-10H2. The highest BCUT2D eigenvalue weighted by atomic mass is 16.5. The van der Waals surface area contributed by atoms with Crippen LogP contribution in [0.3, 0.4) is 0 Å². The van der Waals surface area contributed by atoms with Crippen molar-refractivity contribution in [2.45, 2.75) is 31.7 Å². The van der Waals surface area contributed by atoms with E-state index in [0.717, 1.165) is 134 Å². The zero-order valence-electron chi connectivity index (χ0n) is 39.8. The smallest absolute Gasteiger partial charge is 0.136 e. The number of para-hydroxylation sites is 2. The van der Waals surface area contributed by atoms with E-state index < -0.39 is 0 Å². The van der Waals surface area contributed by atoms with Crippen LogP contribution >= 0.6 is 0 Å².